The molecule has 1 aliphatic heterocycles. The number of nitrogens with zero attached hydrogens (tertiary/aromatic N) is 3. The highest BCUT2D eigenvalue weighted by molar-refractivity contribution is 6.11. The molecule has 0 bridgehead atoms. The number of benzene rings is 6. The van der Waals surface area contributed by atoms with Crippen LogP contribution in [0.25, 0.3) is 55.4 Å². The van der Waals surface area contributed by atoms with Crippen molar-refractivity contribution in [1.29, 1.82) is 0 Å². The van der Waals surface area contributed by atoms with Gasteiger partial charge in [-0.2, -0.15) is 0 Å². The minimum absolute atomic E-state index is 0.0986. The molecular weight excluding hydrogens is 597 g/mol. The summed E-state index contributed by atoms with van der Waals surface area (Å²) in [6.07, 6.45) is 4.01. The Morgan fingerprint density at radius 1 is 0.469 bits per heavy atom. The van der Waals surface area contributed by atoms with E-state index in [4.69, 9.17) is 4.99 Å². The summed E-state index contributed by atoms with van der Waals surface area (Å²) in [7, 11) is 0. The first-order valence-corrected chi connectivity index (χ1v) is 16.6. The number of fused-ring (bicyclic) bond motifs is 3. The van der Waals surface area contributed by atoms with Crippen molar-refractivity contribution in [3.8, 4) is 27.9 Å². The van der Waals surface area contributed by atoms with Crippen LogP contribution < -0.4 is 5.32 Å². The van der Waals surface area contributed by atoms with Gasteiger partial charge in [0.2, 0.25) is 0 Å². The molecule has 4 heteroatoms. The summed E-state index contributed by atoms with van der Waals surface area (Å²) < 4.78 is 2.38. The third kappa shape index (κ3) is 5.39. The van der Waals surface area contributed by atoms with Gasteiger partial charge in [-0.05, 0) is 76.9 Å². The molecule has 1 aliphatic rings. The van der Waals surface area contributed by atoms with Gasteiger partial charge in [0.05, 0.1) is 28.5 Å². The van der Waals surface area contributed by atoms with Gasteiger partial charge in [-0.15, -0.1) is 0 Å². The fraction of sp³-hybridized carbons (Fsp3) is 0.0222. The molecule has 0 saturated carbocycles. The fourth-order valence-corrected chi connectivity index (χ4v) is 6.86. The molecule has 0 amide bonds. The van der Waals surface area contributed by atoms with Gasteiger partial charge in [0, 0.05) is 33.8 Å². The Kier molecular flexibility index (Phi) is 7.17. The zero-order valence-corrected chi connectivity index (χ0v) is 26.7. The van der Waals surface area contributed by atoms with Crippen molar-refractivity contribution in [3.63, 3.8) is 0 Å². The van der Waals surface area contributed by atoms with Crippen molar-refractivity contribution in [2.24, 2.45) is 4.99 Å². The molecule has 49 heavy (non-hydrogen) atoms. The minimum Gasteiger partial charge on any atom is -0.358 e. The second kappa shape index (κ2) is 12.3. The average molecular weight is 629 g/mol. The lowest BCUT2D eigenvalue weighted by molar-refractivity contribution is 0.752. The number of aromatic nitrogens is 2. The summed E-state index contributed by atoms with van der Waals surface area (Å²) in [5, 5.41) is 6.06. The van der Waals surface area contributed by atoms with E-state index >= 15 is 0 Å². The molecule has 2 aromatic heterocycles. The summed E-state index contributed by atoms with van der Waals surface area (Å²) in [5.74, 6) is 0.837. The van der Waals surface area contributed by atoms with E-state index in [9.17, 15) is 0 Å². The van der Waals surface area contributed by atoms with Crippen LogP contribution in [0.4, 0.5) is 0 Å². The number of aliphatic imine (C=N–C) groups is 1. The molecule has 8 aromatic rings. The normalized spacial score (nSPS) is 14.3. The van der Waals surface area contributed by atoms with E-state index in [0.717, 1.165) is 34.0 Å². The maximum atomic E-state index is 5.10. The second-order valence-corrected chi connectivity index (χ2v) is 12.3. The topological polar surface area (TPSA) is 42.2 Å². The summed E-state index contributed by atoms with van der Waals surface area (Å²) in [5.41, 5.74) is 12.3. The quantitative estimate of drug-likeness (QED) is 0.199. The first kappa shape index (κ1) is 28.7. The van der Waals surface area contributed by atoms with Crippen LogP contribution in [-0.4, -0.2) is 15.4 Å². The zero-order chi connectivity index (χ0) is 32.6. The molecule has 232 valence electrons. The van der Waals surface area contributed by atoms with Gasteiger partial charge in [-0.25, -0.2) is 4.99 Å². The standard InChI is InChI=1S/C45H32N4/c1-4-12-31(13-5-1)35-21-25-43-38(28-35)39-29-36(32-14-6-2-7-15-32)22-26-44(39)49(43)37-23-19-33(20-24-37)41-30-42(40-18-10-11-27-46-40)48-45(47-41)34-16-8-3-9-17-34/h1-30,42H,(H,47,48). The molecule has 4 nitrogen and oxygen atoms in total. The highest BCUT2D eigenvalue weighted by atomic mass is 15.1. The van der Waals surface area contributed by atoms with Gasteiger partial charge < -0.3 is 9.88 Å². The predicted molar refractivity (Wildman–Crippen MR) is 203 cm³/mol. The van der Waals surface area contributed by atoms with E-state index in [1.807, 2.05) is 36.5 Å². The summed E-state index contributed by atoms with van der Waals surface area (Å²) in [6, 6.07) is 59.9. The number of pyridine rings is 1. The number of amidine groups is 1. The lowest BCUT2D eigenvalue weighted by Gasteiger charge is -2.23. The Morgan fingerprint density at radius 2 is 1.00 bits per heavy atom. The number of nitrogens with one attached hydrogen (secondary N) is 1. The zero-order valence-electron chi connectivity index (χ0n) is 26.7. The molecule has 0 saturated heterocycles. The van der Waals surface area contributed by atoms with E-state index in [1.165, 1.54) is 44.1 Å². The summed E-state index contributed by atoms with van der Waals surface area (Å²) in [6.45, 7) is 0. The molecule has 0 spiro atoms. The van der Waals surface area contributed by atoms with Crippen molar-refractivity contribution in [2.75, 3.05) is 0 Å². The van der Waals surface area contributed by atoms with E-state index in [1.54, 1.807) is 0 Å². The van der Waals surface area contributed by atoms with E-state index < -0.39 is 0 Å². The summed E-state index contributed by atoms with van der Waals surface area (Å²) >= 11 is 0. The predicted octanol–water partition coefficient (Wildman–Crippen LogP) is 10.6. The maximum absolute atomic E-state index is 5.10. The van der Waals surface area contributed by atoms with Crippen LogP contribution in [0.15, 0.2) is 187 Å². The van der Waals surface area contributed by atoms with E-state index in [2.05, 4.69) is 160 Å². The third-order valence-corrected chi connectivity index (χ3v) is 9.30. The van der Waals surface area contributed by atoms with Gasteiger partial charge in [-0.3, -0.25) is 4.98 Å². The Labute approximate surface area is 285 Å². The van der Waals surface area contributed by atoms with Crippen LogP contribution in [0, 0.1) is 0 Å². The Balaban J connectivity index is 1.17. The molecule has 1 atom stereocenters. The Morgan fingerprint density at radius 3 is 1.55 bits per heavy atom. The van der Waals surface area contributed by atoms with Crippen molar-refractivity contribution >= 4 is 33.3 Å². The highest BCUT2D eigenvalue weighted by Gasteiger charge is 2.21. The largest absolute Gasteiger partial charge is 0.358 e. The molecule has 0 radical (unpaired) electrons. The van der Waals surface area contributed by atoms with Gasteiger partial charge >= 0.3 is 0 Å². The Bertz CT molecular complexity index is 2380. The first-order chi connectivity index (χ1) is 24.3. The maximum Gasteiger partial charge on any atom is 0.134 e. The lowest BCUT2D eigenvalue weighted by Crippen LogP contribution is -2.31. The van der Waals surface area contributed by atoms with Crippen LogP contribution >= 0.6 is 0 Å². The molecule has 1 N–H and O–H groups in total. The number of hydrogen-bond donors (Lipinski definition) is 1. The molecule has 1 unspecified atom stereocenters. The Hall–Kier alpha value is -6.52. The fourth-order valence-electron chi connectivity index (χ4n) is 6.86. The average Bonchev–Trinajstić information content (AvgIpc) is 3.52. The van der Waals surface area contributed by atoms with E-state index in [-0.39, 0.29) is 6.04 Å². The molecule has 6 aromatic carbocycles. The highest BCUT2D eigenvalue weighted by Crippen LogP contribution is 2.37. The SMILES string of the molecule is C1=C(c2ccc(-n3c4ccc(-c5ccccc5)cc4c4cc(-c5ccccc5)ccc43)cc2)N=C(c2ccccc2)NC1c1ccccn1. The van der Waals surface area contributed by atoms with Crippen molar-refractivity contribution < 1.29 is 0 Å². The first-order valence-electron chi connectivity index (χ1n) is 16.6. The van der Waals surface area contributed by atoms with Gasteiger partial charge in [0.1, 0.15) is 5.84 Å². The van der Waals surface area contributed by atoms with Gasteiger partial charge in [-0.1, -0.05) is 121 Å². The number of rotatable bonds is 6. The molecular formula is C45H32N4. The van der Waals surface area contributed by atoms with Crippen LogP contribution in [-0.2, 0) is 0 Å². The smallest absolute Gasteiger partial charge is 0.134 e. The molecule has 9 rings (SSSR count). The third-order valence-electron chi connectivity index (χ3n) is 9.30. The summed E-state index contributed by atoms with van der Waals surface area (Å²) in [4.78, 5) is 9.75. The molecule has 0 aliphatic carbocycles. The van der Waals surface area contributed by atoms with Crippen LogP contribution in [0.3, 0.4) is 0 Å². The molecule has 0 fully saturated rings. The number of hydrogen-bond acceptors (Lipinski definition) is 3. The molecule has 3 heterocycles. The van der Waals surface area contributed by atoms with Crippen molar-refractivity contribution in [1.82, 2.24) is 14.9 Å². The van der Waals surface area contributed by atoms with Crippen LogP contribution in [0.5, 0.6) is 0 Å². The van der Waals surface area contributed by atoms with E-state index in [0.29, 0.717) is 0 Å². The lowest BCUT2D eigenvalue weighted by atomic mass is 10.0. The van der Waals surface area contributed by atoms with Crippen molar-refractivity contribution in [2.45, 2.75) is 6.04 Å². The van der Waals surface area contributed by atoms with Gasteiger partial charge in [0.25, 0.3) is 0 Å². The van der Waals surface area contributed by atoms with Gasteiger partial charge in [0.15, 0.2) is 0 Å². The minimum atomic E-state index is -0.0986. The van der Waals surface area contributed by atoms with Crippen LogP contribution in [0.2, 0.25) is 0 Å². The monoisotopic (exact) mass is 628 g/mol. The van der Waals surface area contributed by atoms with Crippen molar-refractivity contribution in [3.05, 3.63) is 199 Å². The van der Waals surface area contributed by atoms with Crippen LogP contribution in [0.1, 0.15) is 22.9 Å². The second-order valence-electron chi connectivity index (χ2n) is 12.3.